The summed E-state index contributed by atoms with van der Waals surface area (Å²) < 4.78 is 0. The number of rotatable bonds is 7. The summed E-state index contributed by atoms with van der Waals surface area (Å²) in [5, 5.41) is 26.5. The van der Waals surface area contributed by atoms with E-state index in [0.29, 0.717) is 24.2 Å². The fourth-order valence-electron chi connectivity index (χ4n) is 2.77. The van der Waals surface area contributed by atoms with Gasteiger partial charge >= 0.3 is 0 Å². The van der Waals surface area contributed by atoms with Gasteiger partial charge in [-0.1, -0.05) is 0 Å². The molecule has 0 bridgehead atoms. The number of hydrogen-bond acceptors (Lipinski definition) is 7. The molecule has 128 valence electrons. The van der Waals surface area contributed by atoms with E-state index in [9.17, 15) is 15.2 Å². The van der Waals surface area contributed by atoms with Gasteiger partial charge in [-0.3, -0.25) is 10.1 Å². The van der Waals surface area contributed by atoms with Crippen molar-refractivity contribution in [3.63, 3.8) is 0 Å². The molecule has 2 N–H and O–H groups in total. The molecule has 1 aromatic carbocycles. The van der Waals surface area contributed by atoms with Crippen LogP contribution in [-0.2, 0) is 13.0 Å². The number of nitrogens with zero attached hydrogens (tertiary/aromatic N) is 3. The Hall–Kier alpha value is -2.19. The minimum absolute atomic E-state index is 0.0169. The van der Waals surface area contributed by atoms with Crippen molar-refractivity contribution < 1.29 is 10.0 Å². The number of thiazole rings is 1. The zero-order valence-corrected chi connectivity index (χ0v) is 14.1. The molecular formula is C16H20N4O3S. The van der Waals surface area contributed by atoms with Gasteiger partial charge in [0.15, 0.2) is 5.13 Å². The second-order valence-corrected chi connectivity index (χ2v) is 6.60. The first-order valence-corrected chi connectivity index (χ1v) is 8.87. The smallest absolute Gasteiger partial charge is 0.292 e. The molecule has 2 aromatic rings. The average molecular weight is 348 g/mol. The molecule has 1 fully saturated rings. The van der Waals surface area contributed by atoms with Crippen LogP contribution in [0.4, 0.5) is 16.5 Å². The van der Waals surface area contributed by atoms with E-state index in [1.165, 1.54) is 18.9 Å². The highest BCUT2D eigenvalue weighted by molar-refractivity contribution is 7.13. The molecule has 0 aliphatic carbocycles. The van der Waals surface area contributed by atoms with E-state index in [1.807, 2.05) is 5.38 Å². The molecule has 0 atom stereocenters. The minimum Gasteiger partial charge on any atom is -0.392 e. The number of anilines is 2. The maximum Gasteiger partial charge on any atom is 0.292 e. The number of nitrogens with one attached hydrogen (secondary N) is 1. The van der Waals surface area contributed by atoms with Gasteiger partial charge in [-0.15, -0.1) is 11.3 Å². The lowest BCUT2D eigenvalue weighted by Crippen LogP contribution is -2.17. The van der Waals surface area contributed by atoms with Crippen molar-refractivity contribution in [3.05, 3.63) is 45.0 Å². The number of nitro groups is 1. The van der Waals surface area contributed by atoms with Crippen LogP contribution in [0.15, 0.2) is 23.6 Å². The SMILES string of the molecule is O=[N+]([O-])c1ccc(CO)cc1NCCc1csc(N2CCCC2)n1. The quantitative estimate of drug-likeness (QED) is 0.590. The van der Waals surface area contributed by atoms with Crippen LogP contribution in [0.3, 0.4) is 0 Å². The second kappa shape index (κ2) is 7.59. The standard InChI is InChI=1S/C16H20N4O3S/c21-10-12-3-4-15(20(22)23)14(9-12)17-6-5-13-11-24-16(18-13)19-7-1-2-8-19/h3-4,9,11,17,21H,1-2,5-8,10H2. The highest BCUT2D eigenvalue weighted by Crippen LogP contribution is 2.27. The van der Waals surface area contributed by atoms with Gasteiger partial charge in [0.25, 0.3) is 5.69 Å². The van der Waals surface area contributed by atoms with Gasteiger partial charge in [0.1, 0.15) is 5.69 Å². The van der Waals surface area contributed by atoms with Crippen molar-refractivity contribution in [1.82, 2.24) is 4.98 Å². The molecule has 1 aliphatic rings. The summed E-state index contributed by atoms with van der Waals surface area (Å²) in [6.45, 7) is 2.56. The molecule has 1 aromatic heterocycles. The highest BCUT2D eigenvalue weighted by atomic mass is 32.1. The number of aromatic nitrogens is 1. The van der Waals surface area contributed by atoms with Crippen LogP contribution in [0, 0.1) is 10.1 Å². The van der Waals surface area contributed by atoms with Gasteiger partial charge in [-0.25, -0.2) is 4.98 Å². The van der Waals surface area contributed by atoms with Crippen LogP contribution in [0.25, 0.3) is 0 Å². The molecule has 0 saturated carbocycles. The molecule has 0 unspecified atom stereocenters. The Morgan fingerprint density at radius 1 is 1.38 bits per heavy atom. The Kier molecular flexibility index (Phi) is 5.27. The number of aliphatic hydroxyl groups is 1. The summed E-state index contributed by atoms with van der Waals surface area (Å²) >= 11 is 1.65. The topological polar surface area (TPSA) is 91.5 Å². The lowest BCUT2D eigenvalue weighted by Gasteiger charge is -2.12. The lowest BCUT2D eigenvalue weighted by atomic mass is 10.1. The highest BCUT2D eigenvalue weighted by Gasteiger charge is 2.16. The summed E-state index contributed by atoms with van der Waals surface area (Å²) in [4.78, 5) is 17.6. The van der Waals surface area contributed by atoms with Crippen LogP contribution in [0.5, 0.6) is 0 Å². The molecule has 0 spiro atoms. The van der Waals surface area contributed by atoms with Crippen molar-refractivity contribution in [1.29, 1.82) is 0 Å². The molecule has 0 radical (unpaired) electrons. The molecule has 1 aliphatic heterocycles. The van der Waals surface area contributed by atoms with E-state index >= 15 is 0 Å². The summed E-state index contributed by atoms with van der Waals surface area (Å²) in [6, 6.07) is 4.60. The number of hydrogen-bond donors (Lipinski definition) is 2. The molecule has 24 heavy (non-hydrogen) atoms. The van der Waals surface area contributed by atoms with Crippen molar-refractivity contribution in [2.45, 2.75) is 25.9 Å². The predicted molar refractivity (Wildman–Crippen MR) is 94.8 cm³/mol. The Bertz CT molecular complexity index is 713. The number of nitro benzene ring substituents is 1. The third-order valence-corrected chi connectivity index (χ3v) is 5.00. The summed E-state index contributed by atoms with van der Waals surface area (Å²) in [5.74, 6) is 0. The van der Waals surface area contributed by atoms with Gasteiger partial charge < -0.3 is 15.3 Å². The average Bonchev–Trinajstić information content (AvgIpc) is 3.25. The number of aliphatic hydroxyl groups excluding tert-OH is 1. The third-order valence-electron chi connectivity index (χ3n) is 4.05. The van der Waals surface area contributed by atoms with Crippen LogP contribution in [-0.4, -0.2) is 34.6 Å². The zero-order chi connectivity index (χ0) is 16.9. The Balaban J connectivity index is 1.61. The predicted octanol–water partition coefficient (Wildman–Crippen LogP) is 2.80. The van der Waals surface area contributed by atoms with Crippen molar-refractivity contribution >= 4 is 27.8 Å². The summed E-state index contributed by atoms with van der Waals surface area (Å²) in [6.07, 6.45) is 3.15. The molecule has 8 heteroatoms. The van der Waals surface area contributed by atoms with E-state index in [0.717, 1.165) is 23.9 Å². The minimum atomic E-state index is -0.419. The van der Waals surface area contributed by atoms with Gasteiger partial charge in [0.2, 0.25) is 0 Å². The monoisotopic (exact) mass is 348 g/mol. The first-order valence-electron chi connectivity index (χ1n) is 7.99. The summed E-state index contributed by atoms with van der Waals surface area (Å²) in [5.41, 5.74) is 2.09. The lowest BCUT2D eigenvalue weighted by molar-refractivity contribution is -0.384. The molecule has 7 nitrogen and oxygen atoms in total. The maximum absolute atomic E-state index is 11.1. The van der Waals surface area contributed by atoms with Crippen molar-refractivity contribution in [3.8, 4) is 0 Å². The Morgan fingerprint density at radius 2 is 2.17 bits per heavy atom. The van der Waals surface area contributed by atoms with Gasteiger partial charge in [0, 0.05) is 37.5 Å². The van der Waals surface area contributed by atoms with Gasteiger partial charge in [-0.05, 0) is 30.5 Å². The van der Waals surface area contributed by atoms with Crippen LogP contribution < -0.4 is 10.2 Å². The van der Waals surface area contributed by atoms with Gasteiger partial charge in [-0.2, -0.15) is 0 Å². The molecule has 0 amide bonds. The summed E-state index contributed by atoms with van der Waals surface area (Å²) in [7, 11) is 0. The molecule has 1 saturated heterocycles. The second-order valence-electron chi connectivity index (χ2n) is 5.76. The third kappa shape index (κ3) is 3.82. The number of benzene rings is 1. The van der Waals surface area contributed by atoms with Crippen LogP contribution in [0.2, 0.25) is 0 Å². The van der Waals surface area contributed by atoms with E-state index < -0.39 is 4.92 Å². The maximum atomic E-state index is 11.1. The van der Waals surface area contributed by atoms with E-state index in [1.54, 1.807) is 23.5 Å². The van der Waals surface area contributed by atoms with E-state index in [-0.39, 0.29) is 12.3 Å². The largest absolute Gasteiger partial charge is 0.392 e. The van der Waals surface area contributed by atoms with Gasteiger partial charge in [0.05, 0.1) is 17.2 Å². The van der Waals surface area contributed by atoms with E-state index in [4.69, 9.17) is 0 Å². The van der Waals surface area contributed by atoms with Crippen LogP contribution >= 0.6 is 11.3 Å². The zero-order valence-electron chi connectivity index (χ0n) is 13.3. The van der Waals surface area contributed by atoms with Crippen molar-refractivity contribution in [2.75, 3.05) is 29.9 Å². The fraction of sp³-hybridized carbons (Fsp3) is 0.438. The molecule has 2 heterocycles. The molecule has 3 rings (SSSR count). The molecular weight excluding hydrogens is 328 g/mol. The van der Waals surface area contributed by atoms with Crippen LogP contribution in [0.1, 0.15) is 24.1 Å². The van der Waals surface area contributed by atoms with E-state index in [2.05, 4.69) is 15.2 Å². The first-order chi connectivity index (χ1) is 11.7. The first kappa shape index (κ1) is 16.7. The Morgan fingerprint density at radius 3 is 2.88 bits per heavy atom. The Labute approximate surface area is 144 Å². The van der Waals surface area contributed by atoms with Crippen molar-refractivity contribution in [2.24, 2.45) is 0 Å². The normalized spacial score (nSPS) is 14.1. The fourth-order valence-corrected chi connectivity index (χ4v) is 3.69.